The summed E-state index contributed by atoms with van der Waals surface area (Å²) in [5.74, 6) is -1.68. The second-order valence-electron chi connectivity index (χ2n) is 5.56. The zero-order chi connectivity index (χ0) is 16.9. The van der Waals surface area contributed by atoms with E-state index in [4.69, 9.17) is 5.11 Å². The number of carboxylic acids is 1. The molecule has 0 unspecified atom stereocenters. The quantitative estimate of drug-likeness (QED) is 0.730. The van der Waals surface area contributed by atoms with Crippen molar-refractivity contribution in [2.24, 2.45) is 5.92 Å². The lowest BCUT2D eigenvalue weighted by molar-refractivity contribution is -0.137. The van der Waals surface area contributed by atoms with Crippen LogP contribution < -0.4 is 0 Å². The first-order valence-corrected chi connectivity index (χ1v) is 6.82. The first-order chi connectivity index (χ1) is 10.2. The lowest BCUT2D eigenvalue weighted by Gasteiger charge is -2.21. The molecule has 0 aliphatic heterocycles. The molecule has 0 saturated heterocycles. The molecule has 0 radical (unpaired) electrons. The first kappa shape index (κ1) is 17.6. The fourth-order valence-corrected chi connectivity index (χ4v) is 1.74. The number of nitrogens with zero attached hydrogens (tertiary/aromatic N) is 5. The highest BCUT2D eigenvalue weighted by Crippen LogP contribution is 2.05. The Balaban J connectivity index is 2.84. The van der Waals surface area contributed by atoms with Gasteiger partial charge in [-0.2, -0.15) is 0 Å². The average Bonchev–Trinajstić information content (AvgIpc) is 2.84. The van der Waals surface area contributed by atoms with Gasteiger partial charge in [0.25, 0.3) is 5.91 Å². The Morgan fingerprint density at radius 3 is 2.45 bits per heavy atom. The molecule has 2 amide bonds. The molecule has 0 atom stereocenters. The predicted octanol–water partition coefficient (Wildman–Crippen LogP) is -0.451. The number of carbonyl (C=O) groups is 3. The monoisotopic (exact) mass is 311 g/mol. The lowest BCUT2D eigenvalue weighted by Crippen LogP contribution is -2.38. The molecule has 0 aliphatic carbocycles. The van der Waals surface area contributed by atoms with Gasteiger partial charge in [-0.15, -0.1) is 5.10 Å². The fourth-order valence-electron chi connectivity index (χ4n) is 1.74. The van der Waals surface area contributed by atoms with Crippen molar-refractivity contribution < 1.29 is 19.5 Å². The van der Waals surface area contributed by atoms with E-state index in [1.807, 2.05) is 13.8 Å². The van der Waals surface area contributed by atoms with Gasteiger partial charge in [-0.05, 0) is 5.92 Å². The van der Waals surface area contributed by atoms with Gasteiger partial charge in [-0.3, -0.25) is 14.4 Å². The molecule has 9 nitrogen and oxygen atoms in total. The molecule has 0 spiro atoms. The normalized spacial score (nSPS) is 10.6. The molecule has 1 aromatic rings. The van der Waals surface area contributed by atoms with Crippen LogP contribution in [0.25, 0.3) is 0 Å². The number of aliphatic carboxylic acids is 1. The van der Waals surface area contributed by atoms with E-state index in [0.29, 0.717) is 6.54 Å². The van der Waals surface area contributed by atoms with E-state index in [1.165, 1.54) is 20.7 Å². The molecule has 0 fully saturated rings. The van der Waals surface area contributed by atoms with E-state index in [-0.39, 0.29) is 24.1 Å². The molecule has 1 rings (SSSR count). The standard InChI is InChI=1S/C13H21N5O4/c1-9(2)5-17(8-12(20)21)13(22)10-6-18(15-14-10)7-11(19)16(3)4/h6,9H,5,7-8H2,1-4H3,(H,20,21). The number of carboxylic acid groups (broad SMARTS) is 1. The highest BCUT2D eigenvalue weighted by molar-refractivity contribution is 5.93. The maximum Gasteiger partial charge on any atom is 0.323 e. The van der Waals surface area contributed by atoms with Crippen molar-refractivity contribution in [2.75, 3.05) is 27.2 Å². The van der Waals surface area contributed by atoms with Crippen LogP contribution in [0.15, 0.2) is 6.20 Å². The maximum absolute atomic E-state index is 12.3. The maximum atomic E-state index is 12.3. The summed E-state index contributed by atoms with van der Waals surface area (Å²) in [5, 5.41) is 16.3. The van der Waals surface area contributed by atoms with Crippen LogP contribution in [0.5, 0.6) is 0 Å². The highest BCUT2D eigenvalue weighted by atomic mass is 16.4. The molecule has 22 heavy (non-hydrogen) atoms. The summed E-state index contributed by atoms with van der Waals surface area (Å²) in [4.78, 5) is 37.4. The number of rotatable bonds is 7. The summed E-state index contributed by atoms with van der Waals surface area (Å²) in [5.41, 5.74) is 0.0217. The highest BCUT2D eigenvalue weighted by Gasteiger charge is 2.22. The van der Waals surface area contributed by atoms with Crippen molar-refractivity contribution in [2.45, 2.75) is 20.4 Å². The lowest BCUT2D eigenvalue weighted by atomic mass is 10.2. The number of hydrogen-bond donors (Lipinski definition) is 1. The van der Waals surface area contributed by atoms with Gasteiger partial charge in [0.15, 0.2) is 5.69 Å². The Kier molecular flexibility index (Phi) is 6.02. The van der Waals surface area contributed by atoms with Gasteiger partial charge in [-0.1, -0.05) is 19.1 Å². The molecule has 0 saturated carbocycles. The predicted molar refractivity (Wildman–Crippen MR) is 77.1 cm³/mol. The second kappa shape index (κ2) is 7.53. The van der Waals surface area contributed by atoms with Gasteiger partial charge in [0.1, 0.15) is 13.1 Å². The molecule has 122 valence electrons. The minimum absolute atomic E-state index is 0.0217. The van der Waals surface area contributed by atoms with Gasteiger partial charge >= 0.3 is 5.97 Å². The van der Waals surface area contributed by atoms with Crippen molar-refractivity contribution in [3.8, 4) is 0 Å². The van der Waals surface area contributed by atoms with E-state index in [9.17, 15) is 14.4 Å². The molecular weight excluding hydrogens is 290 g/mol. The van der Waals surface area contributed by atoms with Crippen molar-refractivity contribution in [3.05, 3.63) is 11.9 Å². The summed E-state index contributed by atoms with van der Waals surface area (Å²) in [6, 6.07) is 0. The Bertz CT molecular complexity index is 552. The van der Waals surface area contributed by atoms with E-state index in [2.05, 4.69) is 10.3 Å². The van der Waals surface area contributed by atoms with Crippen molar-refractivity contribution in [3.63, 3.8) is 0 Å². The molecule has 9 heteroatoms. The van der Waals surface area contributed by atoms with Crippen LogP contribution in [0.4, 0.5) is 0 Å². The van der Waals surface area contributed by atoms with E-state index in [0.717, 1.165) is 0 Å². The fraction of sp³-hybridized carbons (Fsp3) is 0.615. The molecule has 0 bridgehead atoms. The van der Waals surface area contributed by atoms with E-state index in [1.54, 1.807) is 14.1 Å². The number of amides is 2. The topological polar surface area (TPSA) is 109 Å². The summed E-state index contributed by atoms with van der Waals surface area (Å²) in [7, 11) is 3.23. The Morgan fingerprint density at radius 2 is 1.95 bits per heavy atom. The number of likely N-dealkylation sites (N-methyl/N-ethyl adjacent to an activating group) is 1. The van der Waals surface area contributed by atoms with Gasteiger partial charge in [0.05, 0.1) is 6.20 Å². The molecule has 0 aliphatic rings. The van der Waals surface area contributed by atoms with Crippen LogP contribution in [-0.2, 0) is 16.1 Å². The zero-order valence-electron chi connectivity index (χ0n) is 13.2. The van der Waals surface area contributed by atoms with Crippen LogP contribution >= 0.6 is 0 Å². The van der Waals surface area contributed by atoms with Crippen LogP contribution in [0.1, 0.15) is 24.3 Å². The minimum Gasteiger partial charge on any atom is -0.480 e. The summed E-state index contributed by atoms with van der Waals surface area (Å²) >= 11 is 0. The van der Waals surface area contributed by atoms with E-state index < -0.39 is 18.4 Å². The van der Waals surface area contributed by atoms with Crippen LogP contribution in [0.2, 0.25) is 0 Å². The third-order valence-corrected chi connectivity index (χ3v) is 2.75. The second-order valence-corrected chi connectivity index (χ2v) is 5.56. The molecular formula is C13H21N5O4. The summed E-state index contributed by atoms with van der Waals surface area (Å²) in [6.45, 7) is 3.63. The van der Waals surface area contributed by atoms with Crippen LogP contribution in [-0.4, -0.2) is 74.9 Å². The third-order valence-electron chi connectivity index (χ3n) is 2.75. The summed E-state index contributed by atoms with van der Waals surface area (Å²) in [6.07, 6.45) is 1.35. The minimum atomic E-state index is -1.09. The molecule has 1 aromatic heterocycles. The Morgan fingerprint density at radius 1 is 1.32 bits per heavy atom. The van der Waals surface area contributed by atoms with Crippen molar-refractivity contribution in [1.29, 1.82) is 0 Å². The van der Waals surface area contributed by atoms with E-state index >= 15 is 0 Å². The Hall–Kier alpha value is -2.45. The molecule has 1 heterocycles. The van der Waals surface area contributed by atoms with Gasteiger partial charge < -0.3 is 14.9 Å². The molecule has 1 N–H and O–H groups in total. The molecule has 0 aromatic carbocycles. The Labute approximate surface area is 128 Å². The van der Waals surface area contributed by atoms with Crippen LogP contribution in [0.3, 0.4) is 0 Å². The number of hydrogen-bond acceptors (Lipinski definition) is 5. The first-order valence-electron chi connectivity index (χ1n) is 6.82. The average molecular weight is 311 g/mol. The van der Waals surface area contributed by atoms with Crippen molar-refractivity contribution in [1.82, 2.24) is 24.8 Å². The van der Waals surface area contributed by atoms with Gasteiger partial charge in [0.2, 0.25) is 5.91 Å². The summed E-state index contributed by atoms with van der Waals surface area (Å²) < 4.78 is 1.25. The van der Waals surface area contributed by atoms with Crippen LogP contribution in [0, 0.1) is 5.92 Å². The zero-order valence-corrected chi connectivity index (χ0v) is 13.2. The smallest absolute Gasteiger partial charge is 0.323 e. The SMILES string of the molecule is CC(C)CN(CC(=O)O)C(=O)c1cn(CC(=O)N(C)C)nn1. The van der Waals surface area contributed by atoms with Gasteiger partial charge in [-0.25, -0.2) is 4.68 Å². The van der Waals surface area contributed by atoms with Crippen molar-refractivity contribution >= 4 is 17.8 Å². The number of aromatic nitrogens is 3. The number of carbonyl (C=O) groups excluding carboxylic acids is 2. The largest absolute Gasteiger partial charge is 0.480 e. The van der Waals surface area contributed by atoms with Gasteiger partial charge in [0, 0.05) is 20.6 Å². The third kappa shape index (κ3) is 5.15.